The van der Waals surface area contributed by atoms with Crippen molar-refractivity contribution >= 4 is 10.0 Å². The van der Waals surface area contributed by atoms with Gasteiger partial charge in [-0.25, -0.2) is 8.42 Å². The van der Waals surface area contributed by atoms with Gasteiger partial charge < -0.3 is 4.42 Å². The van der Waals surface area contributed by atoms with E-state index in [-0.39, 0.29) is 6.54 Å². The van der Waals surface area contributed by atoms with E-state index in [0.717, 1.165) is 17.7 Å². The maximum Gasteiger partial charge on any atom is 0.211 e. The van der Waals surface area contributed by atoms with Gasteiger partial charge in [-0.1, -0.05) is 37.0 Å². The molecule has 0 unspecified atom stereocenters. The zero-order valence-corrected chi connectivity index (χ0v) is 17.3. The summed E-state index contributed by atoms with van der Waals surface area (Å²) in [4.78, 5) is 2.26. The van der Waals surface area contributed by atoms with E-state index in [2.05, 4.69) is 30.6 Å². The molecule has 27 heavy (non-hydrogen) atoms. The van der Waals surface area contributed by atoms with Gasteiger partial charge >= 0.3 is 0 Å². The standard InChI is InChI=1S/C21H28N2O3S/c1-5-18(2)23(15-9-12-19-10-7-6-8-11-19)17-21-14-13-20(26-21)16-22(3)27(4,24)25/h6-8,10-11,13-14,18H,5,15-17H2,1-4H3/t18-/m0/s1. The predicted octanol–water partition coefficient (Wildman–Crippen LogP) is 3.32. The SMILES string of the molecule is CC[C@H](C)N(CC#Cc1ccccc1)Cc1ccc(CN(C)S(C)(=O)=O)o1. The molecule has 0 amide bonds. The quantitative estimate of drug-likeness (QED) is 0.651. The first kappa shape index (κ1) is 21.2. The molecule has 0 radical (unpaired) electrons. The second-order valence-electron chi connectivity index (χ2n) is 6.72. The Balaban J connectivity index is 2.03. The Morgan fingerprint density at radius 3 is 2.30 bits per heavy atom. The fourth-order valence-electron chi connectivity index (χ4n) is 2.52. The van der Waals surface area contributed by atoms with E-state index in [4.69, 9.17) is 4.42 Å². The van der Waals surface area contributed by atoms with Crippen molar-refractivity contribution in [1.29, 1.82) is 0 Å². The van der Waals surface area contributed by atoms with Gasteiger partial charge in [0.25, 0.3) is 0 Å². The Morgan fingerprint density at radius 2 is 1.70 bits per heavy atom. The fraction of sp³-hybridized carbons (Fsp3) is 0.429. The van der Waals surface area contributed by atoms with Crippen molar-refractivity contribution in [3.63, 3.8) is 0 Å². The molecule has 0 aliphatic heterocycles. The molecule has 146 valence electrons. The lowest BCUT2D eigenvalue weighted by Crippen LogP contribution is -2.32. The fourth-order valence-corrected chi connectivity index (χ4v) is 2.88. The summed E-state index contributed by atoms with van der Waals surface area (Å²) in [5, 5.41) is 0. The Kier molecular flexibility index (Phi) is 7.66. The van der Waals surface area contributed by atoms with Crippen LogP contribution in [0.2, 0.25) is 0 Å². The number of sulfonamides is 1. The third kappa shape index (κ3) is 6.87. The van der Waals surface area contributed by atoms with Crippen LogP contribution in [0.15, 0.2) is 46.9 Å². The van der Waals surface area contributed by atoms with Crippen LogP contribution >= 0.6 is 0 Å². The Morgan fingerprint density at radius 1 is 1.07 bits per heavy atom. The van der Waals surface area contributed by atoms with Gasteiger partial charge in [-0.05, 0) is 37.6 Å². The van der Waals surface area contributed by atoms with Gasteiger partial charge in [-0.2, -0.15) is 4.31 Å². The average molecular weight is 389 g/mol. The first-order valence-electron chi connectivity index (χ1n) is 9.06. The highest BCUT2D eigenvalue weighted by molar-refractivity contribution is 7.88. The van der Waals surface area contributed by atoms with E-state index >= 15 is 0 Å². The molecule has 2 aromatic rings. The smallest absolute Gasteiger partial charge is 0.211 e. The minimum atomic E-state index is -3.23. The van der Waals surface area contributed by atoms with E-state index < -0.39 is 10.0 Å². The first-order valence-corrected chi connectivity index (χ1v) is 10.9. The predicted molar refractivity (Wildman–Crippen MR) is 109 cm³/mol. The monoisotopic (exact) mass is 388 g/mol. The van der Waals surface area contributed by atoms with Gasteiger partial charge in [0.15, 0.2) is 0 Å². The van der Waals surface area contributed by atoms with Crippen molar-refractivity contribution in [1.82, 2.24) is 9.21 Å². The highest BCUT2D eigenvalue weighted by atomic mass is 32.2. The summed E-state index contributed by atoms with van der Waals surface area (Å²) in [6, 6.07) is 14.0. The largest absolute Gasteiger partial charge is 0.463 e. The number of furan rings is 1. The minimum Gasteiger partial charge on any atom is -0.463 e. The third-order valence-corrected chi connectivity index (χ3v) is 5.79. The summed E-state index contributed by atoms with van der Waals surface area (Å²) in [5.74, 6) is 7.89. The Labute approximate surface area is 163 Å². The molecule has 1 heterocycles. The summed E-state index contributed by atoms with van der Waals surface area (Å²) in [6.07, 6.45) is 2.20. The number of nitrogens with zero attached hydrogens (tertiary/aromatic N) is 2. The maximum absolute atomic E-state index is 11.5. The van der Waals surface area contributed by atoms with E-state index in [0.29, 0.717) is 24.9 Å². The molecule has 6 heteroatoms. The molecule has 0 saturated carbocycles. The van der Waals surface area contributed by atoms with Crippen molar-refractivity contribution in [3.05, 3.63) is 59.5 Å². The van der Waals surface area contributed by atoms with Crippen molar-refractivity contribution in [2.75, 3.05) is 19.8 Å². The molecule has 0 fully saturated rings. The first-order chi connectivity index (χ1) is 12.8. The summed E-state index contributed by atoms with van der Waals surface area (Å²) < 4.78 is 30.2. The molecule has 0 saturated heterocycles. The molecule has 1 atom stereocenters. The normalized spacial score (nSPS) is 12.8. The van der Waals surface area contributed by atoms with Crippen LogP contribution < -0.4 is 0 Å². The van der Waals surface area contributed by atoms with Gasteiger partial charge in [0.1, 0.15) is 11.5 Å². The van der Waals surface area contributed by atoms with Crippen molar-refractivity contribution in [2.45, 2.75) is 39.4 Å². The van der Waals surface area contributed by atoms with Crippen LogP contribution in [0.25, 0.3) is 0 Å². The lowest BCUT2D eigenvalue weighted by Gasteiger charge is -2.25. The summed E-state index contributed by atoms with van der Waals surface area (Å²) in [7, 11) is -1.68. The Hall–Kier alpha value is -2.07. The van der Waals surface area contributed by atoms with E-state index in [1.165, 1.54) is 10.6 Å². The van der Waals surface area contributed by atoms with Gasteiger partial charge in [0.05, 0.1) is 25.9 Å². The molecule has 0 aliphatic rings. The Bertz CT molecular complexity index is 879. The van der Waals surface area contributed by atoms with Crippen LogP contribution in [0, 0.1) is 11.8 Å². The zero-order valence-electron chi connectivity index (χ0n) is 16.5. The molecular weight excluding hydrogens is 360 g/mol. The highest BCUT2D eigenvalue weighted by Crippen LogP contribution is 2.15. The van der Waals surface area contributed by atoms with E-state index in [1.807, 2.05) is 42.5 Å². The number of benzene rings is 1. The molecule has 5 nitrogen and oxygen atoms in total. The number of rotatable bonds is 8. The van der Waals surface area contributed by atoms with Crippen LogP contribution in [0.3, 0.4) is 0 Å². The van der Waals surface area contributed by atoms with Crippen molar-refractivity contribution < 1.29 is 12.8 Å². The molecule has 1 aromatic heterocycles. The molecule has 0 aliphatic carbocycles. The number of hydrogen-bond donors (Lipinski definition) is 0. The molecule has 0 bridgehead atoms. The van der Waals surface area contributed by atoms with Crippen LogP contribution in [0.1, 0.15) is 37.4 Å². The lowest BCUT2D eigenvalue weighted by atomic mass is 10.2. The van der Waals surface area contributed by atoms with E-state index in [1.54, 1.807) is 7.05 Å². The average Bonchev–Trinajstić information content (AvgIpc) is 3.07. The molecule has 1 aromatic carbocycles. The summed E-state index contributed by atoms with van der Waals surface area (Å²) >= 11 is 0. The highest BCUT2D eigenvalue weighted by Gasteiger charge is 2.16. The van der Waals surface area contributed by atoms with Crippen molar-refractivity contribution in [2.24, 2.45) is 0 Å². The van der Waals surface area contributed by atoms with Crippen LogP contribution in [0.5, 0.6) is 0 Å². The minimum absolute atomic E-state index is 0.232. The van der Waals surface area contributed by atoms with Gasteiger partial charge in [0, 0.05) is 18.7 Å². The van der Waals surface area contributed by atoms with Crippen LogP contribution in [-0.4, -0.2) is 43.5 Å². The number of hydrogen-bond acceptors (Lipinski definition) is 4. The van der Waals surface area contributed by atoms with Gasteiger partial charge in [-0.3, -0.25) is 4.90 Å². The lowest BCUT2D eigenvalue weighted by molar-refractivity contribution is 0.201. The summed E-state index contributed by atoms with van der Waals surface area (Å²) in [6.45, 7) is 5.84. The van der Waals surface area contributed by atoms with Gasteiger partial charge in [0.2, 0.25) is 10.0 Å². The molecule has 0 N–H and O–H groups in total. The maximum atomic E-state index is 11.5. The van der Waals surface area contributed by atoms with Crippen molar-refractivity contribution in [3.8, 4) is 11.8 Å². The molecule has 2 rings (SSSR count). The zero-order chi connectivity index (χ0) is 19.9. The topological polar surface area (TPSA) is 53.8 Å². The van der Waals surface area contributed by atoms with Gasteiger partial charge in [-0.15, -0.1) is 0 Å². The second kappa shape index (κ2) is 9.75. The molecular formula is C21H28N2O3S. The van der Waals surface area contributed by atoms with E-state index in [9.17, 15) is 8.42 Å². The van der Waals surface area contributed by atoms with Crippen LogP contribution in [0.4, 0.5) is 0 Å². The summed E-state index contributed by atoms with van der Waals surface area (Å²) in [5.41, 5.74) is 1.01. The third-order valence-electron chi connectivity index (χ3n) is 4.52. The second-order valence-corrected chi connectivity index (χ2v) is 8.81. The van der Waals surface area contributed by atoms with Crippen LogP contribution in [-0.2, 0) is 23.1 Å². The molecule has 0 spiro atoms.